The second-order valence-corrected chi connectivity index (χ2v) is 5.16. The van der Waals surface area contributed by atoms with Crippen molar-refractivity contribution >= 4 is 0 Å². The molecule has 0 unspecified atom stereocenters. The van der Waals surface area contributed by atoms with Crippen molar-refractivity contribution in [2.24, 2.45) is 5.41 Å². The summed E-state index contributed by atoms with van der Waals surface area (Å²) in [5.41, 5.74) is -0.250. The summed E-state index contributed by atoms with van der Waals surface area (Å²) in [6.07, 6.45) is 0. The van der Waals surface area contributed by atoms with Gasteiger partial charge in [-0.15, -0.1) is 0 Å². The van der Waals surface area contributed by atoms with E-state index >= 15 is 0 Å². The van der Waals surface area contributed by atoms with Gasteiger partial charge in [0.2, 0.25) is 0 Å². The number of nitrogens with zero attached hydrogens (tertiary/aromatic N) is 1. The van der Waals surface area contributed by atoms with E-state index < -0.39 is 16.6 Å². The summed E-state index contributed by atoms with van der Waals surface area (Å²) in [7, 11) is 1.43. The van der Waals surface area contributed by atoms with E-state index in [1.165, 1.54) is 13.2 Å². The molecule has 18 heavy (non-hydrogen) atoms. The normalized spacial score (nSPS) is 17.7. The molecular formula is C14H16FNO2. The molecule has 0 bridgehead atoms. The van der Waals surface area contributed by atoms with Crippen LogP contribution in [-0.2, 0) is 10.2 Å². The van der Waals surface area contributed by atoms with Crippen LogP contribution in [0.25, 0.3) is 0 Å². The van der Waals surface area contributed by atoms with E-state index in [0.717, 1.165) is 5.56 Å². The predicted molar refractivity (Wildman–Crippen MR) is 64.8 cm³/mol. The molecule has 1 aliphatic rings. The molecule has 1 fully saturated rings. The molecule has 2 rings (SSSR count). The Morgan fingerprint density at radius 1 is 1.44 bits per heavy atom. The molecular weight excluding hydrogens is 233 g/mol. The summed E-state index contributed by atoms with van der Waals surface area (Å²) >= 11 is 0. The number of methoxy groups -OCH3 is 1. The minimum atomic E-state index is -0.605. The van der Waals surface area contributed by atoms with Crippen LogP contribution in [0.15, 0.2) is 18.2 Å². The van der Waals surface area contributed by atoms with E-state index in [1.807, 2.05) is 19.9 Å². The molecule has 0 radical (unpaired) electrons. The molecule has 0 aliphatic carbocycles. The lowest BCUT2D eigenvalue weighted by Gasteiger charge is -2.49. The van der Waals surface area contributed by atoms with Gasteiger partial charge in [0.15, 0.2) is 11.6 Å². The van der Waals surface area contributed by atoms with Crippen molar-refractivity contribution in [1.82, 2.24) is 0 Å². The third kappa shape index (κ3) is 1.67. The van der Waals surface area contributed by atoms with Crippen molar-refractivity contribution in [3.63, 3.8) is 0 Å². The third-order valence-electron chi connectivity index (χ3n) is 3.88. The summed E-state index contributed by atoms with van der Waals surface area (Å²) in [4.78, 5) is 0. The lowest BCUT2D eigenvalue weighted by atomic mass is 9.61. The molecule has 0 saturated carbocycles. The predicted octanol–water partition coefficient (Wildman–Crippen LogP) is 2.65. The maximum absolute atomic E-state index is 13.8. The molecule has 4 heteroatoms. The van der Waals surface area contributed by atoms with Crippen LogP contribution >= 0.6 is 0 Å². The molecule has 1 aromatic carbocycles. The molecule has 1 heterocycles. The highest BCUT2D eigenvalue weighted by atomic mass is 19.1. The molecule has 1 aliphatic heterocycles. The topological polar surface area (TPSA) is 42.2 Å². The molecule has 1 saturated heterocycles. The average molecular weight is 249 g/mol. The van der Waals surface area contributed by atoms with Crippen LogP contribution in [0, 0.1) is 22.6 Å². The van der Waals surface area contributed by atoms with Gasteiger partial charge in [-0.05, 0) is 31.5 Å². The van der Waals surface area contributed by atoms with Crippen molar-refractivity contribution in [1.29, 1.82) is 5.26 Å². The second-order valence-electron chi connectivity index (χ2n) is 5.16. The molecule has 96 valence electrons. The van der Waals surface area contributed by atoms with Gasteiger partial charge in [0, 0.05) is 0 Å². The zero-order valence-corrected chi connectivity index (χ0v) is 10.8. The largest absolute Gasteiger partial charge is 0.494 e. The maximum atomic E-state index is 13.8. The molecule has 0 N–H and O–H groups in total. The molecule has 0 atom stereocenters. The fourth-order valence-corrected chi connectivity index (χ4v) is 2.27. The Hall–Kier alpha value is -1.60. The van der Waals surface area contributed by atoms with Crippen LogP contribution in [0.3, 0.4) is 0 Å². The Morgan fingerprint density at radius 2 is 2.11 bits per heavy atom. The highest BCUT2D eigenvalue weighted by molar-refractivity contribution is 5.38. The minimum absolute atomic E-state index is 0.212. The maximum Gasteiger partial charge on any atom is 0.165 e. The average Bonchev–Trinajstić information content (AvgIpc) is 2.27. The zero-order valence-electron chi connectivity index (χ0n) is 10.8. The fraction of sp³-hybridized carbons (Fsp3) is 0.500. The first-order chi connectivity index (χ1) is 8.47. The molecule has 1 aromatic rings. The zero-order chi connectivity index (χ0) is 13.4. The van der Waals surface area contributed by atoms with Gasteiger partial charge < -0.3 is 9.47 Å². The van der Waals surface area contributed by atoms with Crippen molar-refractivity contribution in [2.45, 2.75) is 19.3 Å². The van der Waals surface area contributed by atoms with Crippen LogP contribution in [0.5, 0.6) is 5.75 Å². The number of nitriles is 1. The Labute approximate surface area is 106 Å². The van der Waals surface area contributed by atoms with Crippen LogP contribution in [0.2, 0.25) is 0 Å². The van der Waals surface area contributed by atoms with Crippen LogP contribution in [0.4, 0.5) is 4.39 Å². The van der Waals surface area contributed by atoms with Crippen molar-refractivity contribution in [2.75, 3.05) is 20.3 Å². The van der Waals surface area contributed by atoms with Gasteiger partial charge in [0.1, 0.15) is 0 Å². The number of hydrogen-bond donors (Lipinski definition) is 0. The van der Waals surface area contributed by atoms with Crippen molar-refractivity contribution < 1.29 is 13.9 Å². The van der Waals surface area contributed by atoms with E-state index in [-0.39, 0.29) is 5.75 Å². The highest BCUT2D eigenvalue weighted by Crippen LogP contribution is 2.47. The Balaban J connectivity index is 2.47. The van der Waals surface area contributed by atoms with Gasteiger partial charge in [-0.2, -0.15) is 5.26 Å². The second kappa shape index (κ2) is 4.25. The number of ether oxygens (including phenoxy) is 2. The van der Waals surface area contributed by atoms with E-state index in [1.54, 1.807) is 6.07 Å². The fourth-order valence-electron chi connectivity index (χ4n) is 2.27. The molecule has 0 spiro atoms. The van der Waals surface area contributed by atoms with E-state index in [4.69, 9.17) is 9.47 Å². The van der Waals surface area contributed by atoms with Crippen molar-refractivity contribution in [3.8, 4) is 11.8 Å². The van der Waals surface area contributed by atoms with E-state index in [9.17, 15) is 9.65 Å². The van der Waals surface area contributed by atoms with Gasteiger partial charge in [-0.1, -0.05) is 6.07 Å². The molecule has 0 amide bonds. The molecule has 3 nitrogen and oxygen atoms in total. The standard InChI is InChI=1S/C14H16FNO2/c1-13(2,7-16)14(8-18-9-14)10-4-5-12(17-3)11(15)6-10/h4-6H,8-9H2,1-3H3. The monoisotopic (exact) mass is 249 g/mol. The summed E-state index contributed by atoms with van der Waals surface area (Å²) in [5.74, 6) is -0.195. The summed E-state index contributed by atoms with van der Waals surface area (Å²) < 4.78 is 24.0. The first-order valence-corrected chi connectivity index (χ1v) is 5.80. The van der Waals surface area contributed by atoms with Gasteiger partial charge in [-0.3, -0.25) is 0 Å². The van der Waals surface area contributed by atoms with Crippen LogP contribution in [-0.4, -0.2) is 20.3 Å². The smallest absolute Gasteiger partial charge is 0.165 e. The number of benzene rings is 1. The lowest BCUT2D eigenvalue weighted by Crippen LogP contribution is -2.56. The minimum Gasteiger partial charge on any atom is -0.494 e. The number of halogens is 1. The Bertz CT molecular complexity index is 501. The van der Waals surface area contributed by atoms with Crippen molar-refractivity contribution in [3.05, 3.63) is 29.6 Å². The summed E-state index contributed by atoms with van der Waals surface area (Å²) in [5, 5.41) is 9.30. The number of hydrogen-bond acceptors (Lipinski definition) is 3. The van der Waals surface area contributed by atoms with Gasteiger partial charge in [-0.25, -0.2) is 4.39 Å². The van der Waals surface area contributed by atoms with Gasteiger partial charge in [0.25, 0.3) is 0 Å². The lowest BCUT2D eigenvalue weighted by molar-refractivity contribution is -0.103. The first-order valence-electron chi connectivity index (χ1n) is 5.80. The first kappa shape index (κ1) is 12.8. The highest BCUT2D eigenvalue weighted by Gasteiger charge is 2.52. The Kier molecular flexibility index (Phi) is 3.04. The number of rotatable bonds is 3. The molecule has 0 aromatic heterocycles. The quantitative estimate of drug-likeness (QED) is 0.827. The van der Waals surface area contributed by atoms with Crippen LogP contribution < -0.4 is 4.74 Å². The Morgan fingerprint density at radius 3 is 2.50 bits per heavy atom. The van der Waals surface area contributed by atoms with E-state index in [0.29, 0.717) is 13.2 Å². The van der Waals surface area contributed by atoms with Gasteiger partial charge in [0.05, 0.1) is 37.2 Å². The summed E-state index contributed by atoms with van der Waals surface area (Å²) in [6.45, 7) is 4.61. The summed E-state index contributed by atoms with van der Waals surface area (Å²) in [6, 6.07) is 7.15. The van der Waals surface area contributed by atoms with Gasteiger partial charge >= 0.3 is 0 Å². The third-order valence-corrected chi connectivity index (χ3v) is 3.88. The SMILES string of the molecule is COc1ccc(C2(C(C)(C)C#N)COC2)cc1F. The van der Waals surface area contributed by atoms with E-state index in [2.05, 4.69) is 6.07 Å². The van der Waals surface area contributed by atoms with Crippen LogP contribution in [0.1, 0.15) is 19.4 Å².